The lowest BCUT2D eigenvalue weighted by atomic mass is 10.0. The summed E-state index contributed by atoms with van der Waals surface area (Å²) in [7, 11) is 1.84. The first-order chi connectivity index (χ1) is 10.5. The Morgan fingerprint density at radius 1 is 1.59 bits per heavy atom. The van der Waals surface area contributed by atoms with Crippen LogP contribution in [0.15, 0.2) is 11.6 Å². The van der Waals surface area contributed by atoms with Crippen molar-refractivity contribution < 1.29 is 9.53 Å². The third-order valence-corrected chi connectivity index (χ3v) is 4.92. The number of carbonyl (C=O) groups excluding carboxylic acids is 1. The first kappa shape index (κ1) is 15.2. The Labute approximate surface area is 133 Å². The van der Waals surface area contributed by atoms with E-state index in [4.69, 9.17) is 4.74 Å². The van der Waals surface area contributed by atoms with Gasteiger partial charge in [-0.2, -0.15) is 5.10 Å². The maximum Gasteiger partial charge on any atom is 0.255 e. The van der Waals surface area contributed by atoms with E-state index in [1.807, 2.05) is 26.3 Å². The highest BCUT2D eigenvalue weighted by molar-refractivity contribution is 7.09. The van der Waals surface area contributed by atoms with Gasteiger partial charge in [0.2, 0.25) is 0 Å². The molecule has 0 radical (unpaired) electrons. The smallest absolute Gasteiger partial charge is 0.255 e. The van der Waals surface area contributed by atoms with Crippen molar-refractivity contribution in [1.82, 2.24) is 20.1 Å². The van der Waals surface area contributed by atoms with Crippen LogP contribution in [-0.2, 0) is 11.8 Å². The largest absolute Gasteiger partial charge is 0.381 e. The van der Waals surface area contributed by atoms with E-state index in [-0.39, 0.29) is 17.9 Å². The van der Waals surface area contributed by atoms with Crippen molar-refractivity contribution in [2.45, 2.75) is 32.2 Å². The van der Waals surface area contributed by atoms with E-state index in [1.54, 1.807) is 22.2 Å². The van der Waals surface area contributed by atoms with Gasteiger partial charge in [0.05, 0.1) is 23.9 Å². The fourth-order valence-electron chi connectivity index (χ4n) is 2.64. The van der Waals surface area contributed by atoms with Gasteiger partial charge in [-0.3, -0.25) is 9.48 Å². The van der Waals surface area contributed by atoms with E-state index in [2.05, 4.69) is 15.4 Å². The molecule has 1 aliphatic heterocycles. The van der Waals surface area contributed by atoms with Crippen molar-refractivity contribution in [3.63, 3.8) is 0 Å². The molecule has 3 rings (SSSR count). The first-order valence-corrected chi connectivity index (χ1v) is 8.26. The van der Waals surface area contributed by atoms with Gasteiger partial charge < -0.3 is 10.1 Å². The topological polar surface area (TPSA) is 69.0 Å². The van der Waals surface area contributed by atoms with Crippen LogP contribution in [0.25, 0.3) is 0 Å². The highest BCUT2D eigenvalue weighted by Crippen LogP contribution is 2.27. The zero-order valence-corrected chi connectivity index (χ0v) is 13.8. The second-order valence-corrected chi connectivity index (χ2v) is 6.57. The van der Waals surface area contributed by atoms with E-state index in [1.165, 1.54) is 0 Å². The molecule has 0 aromatic carbocycles. The van der Waals surface area contributed by atoms with Crippen LogP contribution in [0.5, 0.6) is 0 Å². The zero-order valence-electron chi connectivity index (χ0n) is 13.0. The van der Waals surface area contributed by atoms with Crippen molar-refractivity contribution >= 4 is 17.2 Å². The molecule has 1 aliphatic rings. The van der Waals surface area contributed by atoms with Crippen LogP contribution in [0, 0.1) is 6.92 Å². The van der Waals surface area contributed by atoms with Gasteiger partial charge in [-0.05, 0) is 20.3 Å². The molecule has 118 valence electrons. The summed E-state index contributed by atoms with van der Waals surface area (Å²) in [6.07, 6.45) is 2.70. The standard InChI is InChI=1S/C15H20N4O2S/c1-9-8-22-15(16-9)10(2)17-14(20)12-6-19(3)18-13(12)11-4-5-21-7-11/h6,8,10-11H,4-5,7H2,1-3H3,(H,17,20)/t10-,11+/m0/s1. The molecule has 0 unspecified atom stereocenters. The number of carbonyl (C=O) groups is 1. The van der Waals surface area contributed by atoms with E-state index in [0.717, 1.165) is 29.4 Å². The lowest BCUT2D eigenvalue weighted by molar-refractivity contribution is 0.0938. The van der Waals surface area contributed by atoms with Crippen molar-refractivity contribution in [1.29, 1.82) is 0 Å². The van der Waals surface area contributed by atoms with Crippen molar-refractivity contribution in [3.8, 4) is 0 Å². The van der Waals surface area contributed by atoms with Crippen LogP contribution >= 0.6 is 11.3 Å². The summed E-state index contributed by atoms with van der Waals surface area (Å²) in [5.74, 6) is 0.106. The molecular weight excluding hydrogens is 300 g/mol. The molecule has 2 aromatic rings. The number of hydrogen-bond donors (Lipinski definition) is 1. The van der Waals surface area contributed by atoms with Crippen LogP contribution in [0.2, 0.25) is 0 Å². The zero-order chi connectivity index (χ0) is 15.7. The van der Waals surface area contributed by atoms with Crippen LogP contribution in [0.3, 0.4) is 0 Å². The van der Waals surface area contributed by atoms with Crippen molar-refractivity contribution in [2.75, 3.05) is 13.2 Å². The van der Waals surface area contributed by atoms with Gasteiger partial charge in [0.15, 0.2) is 0 Å². The predicted molar refractivity (Wildman–Crippen MR) is 84.1 cm³/mol. The number of thiazole rings is 1. The quantitative estimate of drug-likeness (QED) is 0.937. The number of amides is 1. The summed E-state index contributed by atoms with van der Waals surface area (Å²) < 4.78 is 7.11. The fraction of sp³-hybridized carbons (Fsp3) is 0.533. The van der Waals surface area contributed by atoms with Crippen LogP contribution in [0.4, 0.5) is 0 Å². The van der Waals surface area contributed by atoms with Gasteiger partial charge >= 0.3 is 0 Å². The molecule has 1 saturated heterocycles. The van der Waals surface area contributed by atoms with Crippen molar-refractivity contribution in [2.24, 2.45) is 7.05 Å². The molecule has 1 fully saturated rings. The number of rotatable bonds is 4. The Morgan fingerprint density at radius 3 is 3.05 bits per heavy atom. The average Bonchev–Trinajstić information content (AvgIpc) is 3.17. The minimum atomic E-state index is -0.112. The molecule has 0 spiro atoms. The molecular formula is C15H20N4O2S. The second-order valence-electron chi connectivity index (χ2n) is 5.68. The number of aromatic nitrogens is 3. The normalized spacial score (nSPS) is 19.3. The average molecular weight is 320 g/mol. The van der Waals surface area contributed by atoms with Crippen LogP contribution in [-0.4, -0.2) is 33.9 Å². The first-order valence-electron chi connectivity index (χ1n) is 7.38. The molecule has 0 bridgehead atoms. The van der Waals surface area contributed by atoms with Gasteiger partial charge in [0.1, 0.15) is 5.01 Å². The van der Waals surface area contributed by atoms with E-state index in [9.17, 15) is 4.79 Å². The summed E-state index contributed by atoms with van der Waals surface area (Å²) >= 11 is 1.56. The van der Waals surface area contributed by atoms with E-state index >= 15 is 0 Å². The molecule has 0 saturated carbocycles. The third kappa shape index (κ3) is 3.05. The Balaban J connectivity index is 1.77. The van der Waals surface area contributed by atoms with Gasteiger partial charge in [-0.15, -0.1) is 11.3 Å². The lowest BCUT2D eigenvalue weighted by Gasteiger charge is -2.12. The third-order valence-electron chi connectivity index (χ3n) is 3.77. The molecule has 2 aromatic heterocycles. The Morgan fingerprint density at radius 2 is 2.41 bits per heavy atom. The molecule has 0 aliphatic carbocycles. The molecule has 7 heteroatoms. The van der Waals surface area contributed by atoms with E-state index in [0.29, 0.717) is 12.2 Å². The molecule has 22 heavy (non-hydrogen) atoms. The molecule has 6 nitrogen and oxygen atoms in total. The highest BCUT2D eigenvalue weighted by Gasteiger charge is 2.27. The van der Waals surface area contributed by atoms with Gasteiger partial charge in [0.25, 0.3) is 5.91 Å². The number of aryl methyl sites for hydroxylation is 2. The predicted octanol–water partition coefficient (Wildman–Crippen LogP) is 2.18. The SMILES string of the molecule is Cc1csc([C@H](C)NC(=O)c2cn(C)nc2[C@@H]2CCOC2)n1. The van der Waals surface area contributed by atoms with Crippen LogP contribution in [0.1, 0.15) is 52.1 Å². The van der Waals surface area contributed by atoms with Crippen molar-refractivity contribution in [3.05, 3.63) is 33.5 Å². The minimum Gasteiger partial charge on any atom is -0.381 e. The summed E-state index contributed by atoms with van der Waals surface area (Å²) in [4.78, 5) is 17.0. The number of nitrogens with zero attached hydrogens (tertiary/aromatic N) is 3. The monoisotopic (exact) mass is 320 g/mol. The Kier molecular flexibility index (Phi) is 4.26. The highest BCUT2D eigenvalue weighted by atomic mass is 32.1. The fourth-order valence-corrected chi connectivity index (χ4v) is 3.44. The number of ether oxygens (including phenoxy) is 1. The summed E-state index contributed by atoms with van der Waals surface area (Å²) in [6.45, 7) is 5.27. The Hall–Kier alpha value is -1.73. The van der Waals surface area contributed by atoms with E-state index < -0.39 is 0 Å². The maximum absolute atomic E-state index is 12.6. The number of nitrogens with one attached hydrogen (secondary N) is 1. The Bertz CT molecular complexity index is 673. The van der Waals surface area contributed by atoms with Crippen LogP contribution < -0.4 is 5.32 Å². The maximum atomic E-state index is 12.6. The van der Waals surface area contributed by atoms with Gasteiger partial charge in [-0.1, -0.05) is 0 Å². The molecule has 1 N–H and O–H groups in total. The van der Waals surface area contributed by atoms with Gasteiger partial charge in [-0.25, -0.2) is 4.98 Å². The molecule has 2 atom stereocenters. The second kappa shape index (κ2) is 6.18. The summed E-state index contributed by atoms with van der Waals surface area (Å²) in [5, 5.41) is 10.4. The molecule has 1 amide bonds. The lowest BCUT2D eigenvalue weighted by Crippen LogP contribution is -2.27. The number of hydrogen-bond acceptors (Lipinski definition) is 5. The summed E-state index contributed by atoms with van der Waals surface area (Å²) in [5.41, 5.74) is 2.45. The minimum absolute atomic E-state index is 0.102. The van der Waals surface area contributed by atoms with Gasteiger partial charge in [0, 0.05) is 36.8 Å². The summed E-state index contributed by atoms with van der Waals surface area (Å²) in [6, 6.07) is -0.112. The molecule has 3 heterocycles.